The van der Waals surface area contributed by atoms with Crippen molar-refractivity contribution in [1.82, 2.24) is 5.32 Å². The molecule has 1 saturated carbocycles. The van der Waals surface area contributed by atoms with Crippen LogP contribution < -0.4 is 10.1 Å². The van der Waals surface area contributed by atoms with Crippen LogP contribution in [-0.4, -0.2) is 23.8 Å². The van der Waals surface area contributed by atoms with Gasteiger partial charge in [-0.3, -0.25) is 0 Å². The van der Waals surface area contributed by atoms with E-state index in [1.807, 2.05) is 0 Å². The summed E-state index contributed by atoms with van der Waals surface area (Å²) in [4.78, 5) is 15.3. The molecule has 0 spiro atoms. The Kier molecular flexibility index (Phi) is 3.11. The number of rotatable bonds is 3. The minimum atomic E-state index is -0.468. The molecule has 0 saturated heterocycles. The molecule has 1 unspecified atom stereocenters. The molecule has 2 N–H and O–H groups in total. The first-order valence-electron chi connectivity index (χ1n) is 6.55. The van der Waals surface area contributed by atoms with Gasteiger partial charge in [0, 0.05) is 17.7 Å². The number of carbonyl (C=O) groups is 1. The molecule has 1 aliphatic heterocycles. The van der Waals surface area contributed by atoms with Crippen LogP contribution in [0.4, 0.5) is 5.69 Å². The Morgan fingerprint density at radius 1 is 1.37 bits per heavy atom. The standard InChI is InChI=1S/C14H16N2O3/c17-7-12-14-11(15-8-16-12)5-9(18)6-13(14)19-10-3-1-2-4-10/h5-8,10,12,18H,1-4H2,(H,15,16). The first kappa shape index (κ1) is 12.0. The Morgan fingerprint density at radius 2 is 2.16 bits per heavy atom. The van der Waals surface area contributed by atoms with Crippen molar-refractivity contribution in [3.63, 3.8) is 0 Å². The average Bonchev–Trinajstić information content (AvgIpc) is 2.90. The van der Waals surface area contributed by atoms with Crippen molar-refractivity contribution in [3.8, 4) is 11.5 Å². The van der Waals surface area contributed by atoms with Crippen LogP contribution in [0.15, 0.2) is 17.1 Å². The second-order valence-electron chi connectivity index (χ2n) is 4.94. The molecule has 0 amide bonds. The number of nitrogens with one attached hydrogen (secondary N) is 1. The van der Waals surface area contributed by atoms with E-state index in [0.717, 1.165) is 19.1 Å². The van der Waals surface area contributed by atoms with Gasteiger partial charge in [-0.25, -0.2) is 4.99 Å². The summed E-state index contributed by atoms with van der Waals surface area (Å²) in [6.07, 6.45) is 6.84. The molecule has 1 atom stereocenters. The minimum absolute atomic E-state index is 0.107. The second-order valence-corrected chi connectivity index (χ2v) is 4.94. The van der Waals surface area contributed by atoms with E-state index in [0.29, 0.717) is 17.0 Å². The third-order valence-electron chi connectivity index (χ3n) is 3.61. The van der Waals surface area contributed by atoms with Crippen molar-refractivity contribution >= 4 is 18.3 Å². The second kappa shape index (κ2) is 4.91. The van der Waals surface area contributed by atoms with E-state index in [1.54, 1.807) is 12.1 Å². The summed E-state index contributed by atoms with van der Waals surface area (Å²) < 4.78 is 5.95. The molecule has 100 valence electrons. The number of benzene rings is 1. The summed E-state index contributed by atoms with van der Waals surface area (Å²) in [5.74, 6) is 0.666. The number of fused-ring (bicyclic) bond motifs is 1. The normalized spacial score (nSPS) is 21.8. The zero-order valence-corrected chi connectivity index (χ0v) is 10.5. The fourth-order valence-corrected chi connectivity index (χ4v) is 2.68. The van der Waals surface area contributed by atoms with Crippen molar-refractivity contribution in [1.29, 1.82) is 0 Å². The van der Waals surface area contributed by atoms with E-state index in [2.05, 4.69) is 10.3 Å². The Labute approximate surface area is 111 Å². The molecule has 1 heterocycles. The van der Waals surface area contributed by atoms with Gasteiger partial charge in [0.05, 0.1) is 18.1 Å². The average molecular weight is 260 g/mol. The van der Waals surface area contributed by atoms with Crippen molar-refractivity contribution in [3.05, 3.63) is 17.7 Å². The lowest BCUT2D eigenvalue weighted by atomic mass is 10.0. The lowest BCUT2D eigenvalue weighted by Gasteiger charge is -2.23. The van der Waals surface area contributed by atoms with Crippen molar-refractivity contribution in [2.75, 3.05) is 0 Å². The summed E-state index contributed by atoms with van der Waals surface area (Å²) in [7, 11) is 0. The quantitative estimate of drug-likeness (QED) is 0.817. The number of aldehydes is 1. The van der Waals surface area contributed by atoms with Gasteiger partial charge in [-0.2, -0.15) is 0 Å². The number of hydrogen-bond donors (Lipinski definition) is 2. The lowest BCUT2D eigenvalue weighted by molar-refractivity contribution is -0.109. The van der Waals surface area contributed by atoms with Crippen molar-refractivity contribution in [2.24, 2.45) is 4.99 Å². The molecule has 1 aromatic carbocycles. The van der Waals surface area contributed by atoms with E-state index < -0.39 is 6.04 Å². The SMILES string of the molecule is O=CC1NC=Nc2cc(O)cc(OC3CCCC3)c21. The number of nitrogens with zero attached hydrogens (tertiary/aromatic N) is 1. The maximum absolute atomic E-state index is 11.2. The van der Waals surface area contributed by atoms with Crippen LogP contribution in [0.2, 0.25) is 0 Å². The van der Waals surface area contributed by atoms with Crippen molar-refractivity contribution < 1.29 is 14.6 Å². The highest BCUT2D eigenvalue weighted by atomic mass is 16.5. The van der Waals surface area contributed by atoms with Crippen LogP contribution in [0.5, 0.6) is 11.5 Å². The lowest BCUT2D eigenvalue weighted by Crippen LogP contribution is -2.25. The maximum Gasteiger partial charge on any atom is 0.147 e. The van der Waals surface area contributed by atoms with E-state index >= 15 is 0 Å². The van der Waals surface area contributed by atoms with Crippen LogP contribution in [0.25, 0.3) is 0 Å². The Morgan fingerprint density at radius 3 is 2.89 bits per heavy atom. The number of aliphatic imine (C=N–C) groups is 1. The molecule has 5 nitrogen and oxygen atoms in total. The summed E-state index contributed by atoms with van der Waals surface area (Å²) in [6.45, 7) is 0. The van der Waals surface area contributed by atoms with Gasteiger partial charge in [-0.05, 0) is 25.7 Å². The molecular weight excluding hydrogens is 244 g/mol. The van der Waals surface area contributed by atoms with E-state index in [9.17, 15) is 9.90 Å². The largest absolute Gasteiger partial charge is 0.508 e. The predicted molar refractivity (Wildman–Crippen MR) is 71.1 cm³/mol. The van der Waals surface area contributed by atoms with Gasteiger partial charge in [0.1, 0.15) is 23.8 Å². The molecule has 5 heteroatoms. The molecule has 3 rings (SSSR count). The monoisotopic (exact) mass is 260 g/mol. The molecule has 1 fully saturated rings. The van der Waals surface area contributed by atoms with Crippen LogP contribution in [0.3, 0.4) is 0 Å². The highest BCUT2D eigenvalue weighted by molar-refractivity contribution is 5.80. The third kappa shape index (κ3) is 2.28. The highest BCUT2D eigenvalue weighted by Gasteiger charge is 2.25. The summed E-state index contributed by atoms with van der Waals surface area (Å²) >= 11 is 0. The predicted octanol–water partition coefficient (Wildman–Crippen LogP) is 2.22. The molecular formula is C14H16N2O3. The van der Waals surface area contributed by atoms with Gasteiger partial charge in [0.25, 0.3) is 0 Å². The fourth-order valence-electron chi connectivity index (χ4n) is 2.68. The van der Waals surface area contributed by atoms with Gasteiger partial charge in [-0.15, -0.1) is 0 Å². The number of phenolic OH excluding ortho intramolecular Hbond substituents is 1. The van der Waals surface area contributed by atoms with E-state index in [1.165, 1.54) is 19.2 Å². The molecule has 19 heavy (non-hydrogen) atoms. The Hall–Kier alpha value is -2.04. The van der Waals surface area contributed by atoms with Gasteiger partial charge in [0.15, 0.2) is 0 Å². The van der Waals surface area contributed by atoms with Crippen molar-refractivity contribution in [2.45, 2.75) is 37.8 Å². The van der Waals surface area contributed by atoms with E-state index in [4.69, 9.17) is 4.74 Å². The van der Waals surface area contributed by atoms with Gasteiger partial charge < -0.3 is 20.0 Å². The van der Waals surface area contributed by atoms with Crippen LogP contribution in [0.1, 0.15) is 37.3 Å². The number of phenols is 1. The number of aromatic hydroxyl groups is 1. The minimum Gasteiger partial charge on any atom is -0.508 e. The first-order valence-corrected chi connectivity index (χ1v) is 6.55. The Bertz CT molecular complexity index is 522. The fraction of sp³-hybridized carbons (Fsp3) is 0.429. The molecule has 2 aliphatic rings. The summed E-state index contributed by atoms with van der Waals surface area (Å²) in [5, 5.41) is 12.6. The smallest absolute Gasteiger partial charge is 0.147 e. The van der Waals surface area contributed by atoms with Gasteiger partial charge in [-0.1, -0.05) is 0 Å². The summed E-state index contributed by atoms with van der Waals surface area (Å²) in [5.41, 5.74) is 1.30. The molecule has 0 radical (unpaired) electrons. The Balaban J connectivity index is 1.99. The summed E-state index contributed by atoms with van der Waals surface area (Å²) in [6, 6.07) is 2.64. The van der Waals surface area contributed by atoms with Crippen LogP contribution in [-0.2, 0) is 4.79 Å². The molecule has 0 aromatic heterocycles. The number of hydrogen-bond acceptors (Lipinski definition) is 5. The number of ether oxygens (including phenoxy) is 1. The number of carbonyl (C=O) groups excluding carboxylic acids is 1. The van der Waals surface area contributed by atoms with Gasteiger partial charge >= 0.3 is 0 Å². The van der Waals surface area contributed by atoms with Crippen LogP contribution in [0, 0.1) is 0 Å². The van der Waals surface area contributed by atoms with Crippen LogP contribution >= 0.6 is 0 Å². The topological polar surface area (TPSA) is 70.9 Å². The third-order valence-corrected chi connectivity index (χ3v) is 3.61. The molecule has 1 aliphatic carbocycles. The highest BCUT2D eigenvalue weighted by Crippen LogP contribution is 2.40. The maximum atomic E-state index is 11.2. The first-order chi connectivity index (χ1) is 9.28. The molecule has 1 aromatic rings. The zero-order valence-electron chi connectivity index (χ0n) is 10.5. The van der Waals surface area contributed by atoms with Gasteiger partial charge in [0.2, 0.25) is 0 Å². The zero-order chi connectivity index (χ0) is 13.2. The van der Waals surface area contributed by atoms with E-state index in [-0.39, 0.29) is 11.9 Å². The molecule has 0 bridgehead atoms.